The first-order chi connectivity index (χ1) is 11.0. The summed E-state index contributed by atoms with van der Waals surface area (Å²) in [7, 11) is 0. The molecule has 1 heterocycles. The third kappa shape index (κ3) is 5.41. The molecule has 3 rings (SSSR count). The zero-order valence-electron chi connectivity index (χ0n) is 16.5. The number of aromatic nitrogens is 2. The number of primary amides is 1. The van der Waals surface area contributed by atoms with E-state index in [1.165, 1.54) is 0 Å². The van der Waals surface area contributed by atoms with Gasteiger partial charge in [-0.2, -0.15) is 4.98 Å². The molecule has 25 heavy (non-hydrogen) atoms. The normalized spacial score (nSPS) is 9.92. The van der Waals surface area contributed by atoms with E-state index in [9.17, 15) is 4.79 Å². The van der Waals surface area contributed by atoms with Gasteiger partial charge >= 0.3 is 59.1 Å². The van der Waals surface area contributed by atoms with Gasteiger partial charge in [0.15, 0.2) is 0 Å². The van der Waals surface area contributed by atoms with Gasteiger partial charge in [-0.1, -0.05) is 18.2 Å². The molecule has 8 heteroatoms. The number of fused-ring (bicyclic) bond motifs is 1. The largest absolute Gasteiger partial charge is 1.00 e. The quantitative estimate of drug-likeness (QED) is 0.411. The molecule has 0 radical (unpaired) electrons. The Hall–Kier alpha value is -1.15. The molecule has 3 aromatic rings. The van der Waals surface area contributed by atoms with Crippen molar-refractivity contribution < 1.29 is 66.8 Å². The monoisotopic (exact) mass is 355 g/mol. The van der Waals surface area contributed by atoms with Crippen molar-refractivity contribution in [2.45, 2.75) is 12.8 Å². The van der Waals surface area contributed by atoms with Gasteiger partial charge in [-0.05, 0) is 48.2 Å². The second-order valence-electron chi connectivity index (χ2n) is 5.38. The molecule has 0 saturated heterocycles. The molecule has 6 nitrogen and oxygen atoms in total. The number of hydrogen-bond donors (Lipinski definition) is 3. The first-order valence-electron chi connectivity index (χ1n) is 7.23. The Labute approximate surface area is 193 Å². The fourth-order valence-electron chi connectivity index (χ4n) is 2.54. The van der Waals surface area contributed by atoms with E-state index in [4.69, 9.17) is 17.2 Å². The van der Waals surface area contributed by atoms with Crippen molar-refractivity contribution in [3.63, 3.8) is 0 Å². The maximum absolute atomic E-state index is 11.2. The zero-order valence-corrected chi connectivity index (χ0v) is 18.5. The summed E-state index contributed by atoms with van der Waals surface area (Å²) in [5, 5.41) is 0.794. The number of nitrogens with two attached hydrogens (primary N) is 3. The van der Waals surface area contributed by atoms with Crippen LogP contribution in [0.3, 0.4) is 0 Å². The Morgan fingerprint density at radius 2 is 1.64 bits per heavy atom. The molecule has 0 aliphatic heterocycles. The van der Waals surface area contributed by atoms with Crippen molar-refractivity contribution in [3.8, 4) is 0 Å². The number of anilines is 2. The van der Waals surface area contributed by atoms with Crippen molar-refractivity contribution >= 4 is 28.6 Å². The van der Waals surface area contributed by atoms with Crippen LogP contribution in [0.1, 0.15) is 24.3 Å². The van der Waals surface area contributed by atoms with Crippen LogP contribution in [-0.4, -0.2) is 15.9 Å². The molecule has 6 N–H and O–H groups in total. The molecule has 0 fully saturated rings. The van der Waals surface area contributed by atoms with Crippen LogP contribution in [0.25, 0.3) is 10.9 Å². The van der Waals surface area contributed by atoms with Crippen LogP contribution in [0, 0.1) is 0 Å². The number of benzene rings is 2. The molecule has 0 aliphatic carbocycles. The second kappa shape index (κ2) is 9.52. The van der Waals surface area contributed by atoms with Crippen LogP contribution in [0.2, 0.25) is 0 Å². The number of rotatable bonds is 4. The van der Waals surface area contributed by atoms with E-state index < -0.39 is 5.91 Å². The van der Waals surface area contributed by atoms with Gasteiger partial charge in [0.1, 0.15) is 5.82 Å². The summed E-state index contributed by atoms with van der Waals surface area (Å²) in [6.45, 7) is 0. The predicted molar refractivity (Wildman–Crippen MR) is 93.0 cm³/mol. The molecule has 120 valence electrons. The SMILES string of the molecule is NC(=O)c1cccc(CCc2ccc3nc(N)nc(N)c3c2)c1.[H-].[H-].[Na+].[Na+]. The standard InChI is InChI=1S/C17H17N5O.2Na.2H/c18-15-13-9-11(6-7-14(13)21-17(20)22-15)5-4-10-2-1-3-12(8-10)16(19)23;;;;/h1-3,6-9H,4-5H2,(H2,19,23)(H4,18,20,21,22);;;;/q;2*+1;2*-1. The number of hydrogen-bond acceptors (Lipinski definition) is 5. The zero-order chi connectivity index (χ0) is 16.4. The molecule has 1 aromatic heterocycles. The molecule has 0 spiro atoms. The maximum Gasteiger partial charge on any atom is 1.00 e. The number of carbonyl (C=O) groups is 1. The third-order valence-electron chi connectivity index (χ3n) is 3.72. The Morgan fingerprint density at radius 1 is 0.960 bits per heavy atom. The minimum atomic E-state index is -0.417. The molecule has 2 aromatic carbocycles. The summed E-state index contributed by atoms with van der Waals surface area (Å²) in [5.74, 6) is 0.135. The van der Waals surface area contributed by atoms with Crippen molar-refractivity contribution in [2.24, 2.45) is 5.73 Å². The minimum absolute atomic E-state index is 0. The fourth-order valence-corrected chi connectivity index (χ4v) is 2.54. The third-order valence-corrected chi connectivity index (χ3v) is 3.72. The molecule has 0 aliphatic rings. The Morgan fingerprint density at radius 3 is 2.32 bits per heavy atom. The summed E-state index contributed by atoms with van der Waals surface area (Å²) in [5.41, 5.74) is 20.2. The van der Waals surface area contributed by atoms with Crippen LogP contribution >= 0.6 is 0 Å². The van der Waals surface area contributed by atoms with Gasteiger partial charge in [0, 0.05) is 10.9 Å². The first kappa shape index (κ1) is 21.9. The predicted octanol–water partition coefficient (Wildman–Crippen LogP) is -4.09. The van der Waals surface area contributed by atoms with Gasteiger partial charge in [-0.3, -0.25) is 4.79 Å². The van der Waals surface area contributed by atoms with Gasteiger partial charge in [0.25, 0.3) is 0 Å². The summed E-state index contributed by atoms with van der Waals surface area (Å²) >= 11 is 0. The molecule has 0 unspecified atom stereocenters. The number of aryl methyl sites for hydroxylation is 2. The Balaban J connectivity index is 0. The van der Waals surface area contributed by atoms with Crippen LogP contribution < -0.4 is 76.3 Å². The number of nitrogens with zero attached hydrogens (tertiary/aromatic N) is 2. The second-order valence-corrected chi connectivity index (χ2v) is 5.38. The number of nitrogen functional groups attached to an aromatic ring is 2. The topological polar surface area (TPSA) is 121 Å². The minimum Gasteiger partial charge on any atom is -1.00 e. The van der Waals surface area contributed by atoms with Crippen LogP contribution in [0.5, 0.6) is 0 Å². The molecular weight excluding hydrogens is 336 g/mol. The van der Waals surface area contributed by atoms with Gasteiger partial charge < -0.3 is 20.1 Å². The molecule has 0 saturated carbocycles. The van der Waals surface area contributed by atoms with Gasteiger partial charge in [0.05, 0.1) is 5.52 Å². The van der Waals surface area contributed by atoms with Crippen molar-refractivity contribution in [1.82, 2.24) is 9.97 Å². The number of amides is 1. The number of carbonyl (C=O) groups excluding carboxylic acids is 1. The smallest absolute Gasteiger partial charge is 1.00 e. The van der Waals surface area contributed by atoms with Crippen molar-refractivity contribution in [1.29, 1.82) is 0 Å². The molecular formula is C17H19N5Na2O. The molecule has 0 atom stereocenters. The summed E-state index contributed by atoms with van der Waals surface area (Å²) < 4.78 is 0. The van der Waals surface area contributed by atoms with Crippen LogP contribution in [-0.2, 0) is 12.8 Å². The molecule has 0 bridgehead atoms. The Kier molecular flexibility index (Phi) is 8.34. The van der Waals surface area contributed by atoms with E-state index in [0.717, 1.165) is 34.9 Å². The summed E-state index contributed by atoms with van der Waals surface area (Å²) in [4.78, 5) is 19.4. The van der Waals surface area contributed by atoms with Crippen molar-refractivity contribution in [2.75, 3.05) is 11.5 Å². The Bertz CT molecular complexity index is 912. The van der Waals surface area contributed by atoms with Gasteiger partial charge in [-0.15, -0.1) is 0 Å². The first-order valence-corrected chi connectivity index (χ1v) is 7.23. The van der Waals surface area contributed by atoms with Gasteiger partial charge in [-0.25, -0.2) is 4.98 Å². The average molecular weight is 355 g/mol. The summed E-state index contributed by atoms with van der Waals surface area (Å²) in [6, 6.07) is 13.2. The van der Waals surface area contributed by atoms with E-state index in [-0.39, 0.29) is 67.9 Å². The average Bonchev–Trinajstić information content (AvgIpc) is 2.53. The van der Waals surface area contributed by atoms with Crippen LogP contribution in [0.15, 0.2) is 42.5 Å². The van der Waals surface area contributed by atoms with Crippen molar-refractivity contribution in [3.05, 3.63) is 59.2 Å². The van der Waals surface area contributed by atoms with E-state index in [1.54, 1.807) is 6.07 Å². The van der Waals surface area contributed by atoms with E-state index in [2.05, 4.69) is 9.97 Å². The summed E-state index contributed by atoms with van der Waals surface area (Å²) in [6.07, 6.45) is 1.60. The van der Waals surface area contributed by atoms with Crippen LogP contribution in [0.4, 0.5) is 11.8 Å². The van der Waals surface area contributed by atoms with Gasteiger partial charge in [0.2, 0.25) is 11.9 Å². The van der Waals surface area contributed by atoms with E-state index in [1.807, 2.05) is 36.4 Å². The van der Waals surface area contributed by atoms with E-state index >= 15 is 0 Å². The molecule has 1 amide bonds. The fraction of sp³-hybridized carbons (Fsp3) is 0.118. The maximum atomic E-state index is 11.2. The van der Waals surface area contributed by atoms with E-state index in [0.29, 0.717) is 11.4 Å².